The highest BCUT2D eigenvalue weighted by Crippen LogP contribution is 2.18. The second-order valence-electron chi connectivity index (χ2n) is 3.36. The molecule has 76 valence electrons. The predicted octanol–water partition coefficient (Wildman–Crippen LogP) is -0.0951. The molecule has 0 aromatic carbocycles. The molecule has 1 heterocycles. The summed E-state index contributed by atoms with van der Waals surface area (Å²) in [5, 5.41) is 0. The maximum Gasteiger partial charge on any atom is 0.248 e. The lowest BCUT2D eigenvalue weighted by atomic mass is 9.94. The van der Waals surface area contributed by atoms with Crippen LogP contribution in [0.15, 0.2) is 22.6 Å². The van der Waals surface area contributed by atoms with Crippen LogP contribution in [-0.2, 0) is 0 Å². The van der Waals surface area contributed by atoms with Gasteiger partial charge in [0.2, 0.25) is 17.1 Å². The molecule has 1 aromatic rings. The largest absolute Gasteiger partial charge is 0.395 e. The Morgan fingerprint density at radius 1 is 1.27 bits per heavy atom. The number of fused-ring (bicyclic) bond motifs is 1. The van der Waals surface area contributed by atoms with E-state index in [2.05, 4.69) is 4.98 Å². The fraction of sp³-hybridized carbons (Fsp3) is 0.100. The van der Waals surface area contributed by atoms with Crippen molar-refractivity contribution in [1.82, 2.24) is 4.98 Å². The van der Waals surface area contributed by atoms with E-state index in [1.54, 1.807) is 6.92 Å². The van der Waals surface area contributed by atoms with Crippen LogP contribution < -0.4 is 11.3 Å². The highest BCUT2D eigenvalue weighted by molar-refractivity contribution is 6.23. The molecule has 5 nitrogen and oxygen atoms in total. The molecular formula is C10H8N2O3. The quantitative estimate of drug-likeness (QED) is 0.617. The monoisotopic (exact) mass is 204 g/mol. The Bertz CT molecular complexity index is 567. The molecule has 2 rings (SSSR count). The second kappa shape index (κ2) is 2.91. The third-order valence-corrected chi connectivity index (χ3v) is 2.26. The van der Waals surface area contributed by atoms with Crippen LogP contribution >= 0.6 is 0 Å². The maximum atomic E-state index is 11.6. The molecule has 0 aliphatic heterocycles. The molecule has 0 amide bonds. The van der Waals surface area contributed by atoms with Gasteiger partial charge in [0.1, 0.15) is 5.69 Å². The fourth-order valence-electron chi connectivity index (χ4n) is 1.59. The summed E-state index contributed by atoms with van der Waals surface area (Å²) in [7, 11) is 0. The first kappa shape index (κ1) is 9.39. The van der Waals surface area contributed by atoms with Crippen LogP contribution in [0.5, 0.6) is 0 Å². The summed E-state index contributed by atoms with van der Waals surface area (Å²) in [6, 6.07) is 1.27. The van der Waals surface area contributed by atoms with Gasteiger partial charge in [0, 0.05) is 12.1 Å². The number of carbonyl (C=O) groups is 2. The van der Waals surface area contributed by atoms with Gasteiger partial charge in [-0.25, -0.2) is 0 Å². The van der Waals surface area contributed by atoms with Crippen LogP contribution in [0.1, 0.15) is 26.4 Å². The van der Waals surface area contributed by atoms with Crippen molar-refractivity contribution < 1.29 is 9.59 Å². The van der Waals surface area contributed by atoms with Crippen molar-refractivity contribution in [1.29, 1.82) is 0 Å². The first-order chi connectivity index (χ1) is 7.00. The molecule has 0 atom stereocenters. The standard InChI is InChI=1S/C10H8N2O3/c1-4-2-7(14)12-9-6(13)3-5(11)10(15)8(4)9/h2-3H,11H2,1H3,(H,12,14). The minimum atomic E-state index is -0.442. The Morgan fingerprint density at radius 3 is 2.60 bits per heavy atom. The van der Waals surface area contributed by atoms with Crippen molar-refractivity contribution >= 4 is 11.6 Å². The normalized spacial score (nSPS) is 14.9. The first-order valence-corrected chi connectivity index (χ1v) is 4.31. The third-order valence-electron chi connectivity index (χ3n) is 2.26. The SMILES string of the molecule is Cc1cc(=O)[nH]c2c1C(=O)C(N)=CC2=O. The molecule has 1 aliphatic carbocycles. The summed E-state index contributed by atoms with van der Waals surface area (Å²) < 4.78 is 0. The number of aryl methyl sites for hydroxylation is 1. The fourth-order valence-corrected chi connectivity index (χ4v) is 1.59. The summed E-state index contributed by atoms with van der Waals surface area (Å²) in [6.07, 6.45) is 1.03. The van der Waals surface area contributed by atoms with E-state index >= 15 is 0 Å². The Hall–Kier alpha value is -2.17. The number of aromatic amines is 1. The molecule has 0 bridgehead atoms. The highest BCUT2D eigenvalue weighted by Gasteiger charge is 2.26. The van der Waals surface area contributed by atoms with Crippen molar-refractivity contribution in [2.45, 2.75) is 6.92 Å². The van der Waals surface area contributed by atoms with Gasteiger partial charge in [-0.3, -0.25) is 14.4 Å². The molecule has 0 spiro atoms. The van der Waals surface area contributed by atoms with Crippen LogP contribution in [0.4, 0.5) is 0 Å². The lowest BCUT2D eigenvalue weighted by Crippen LogP contribution is -2.27. The zero-order valence-electron chi connectivity index (χ0n) is 7.96. The summed E-state index contributed by atoms with van der Waals surface area (Å²) in [6.45, 7) is 1.60. The average Bonchev–Trinajstić information content (AvgIpc) is 2.13. The molecule has 0 saturated carbocycles. The molecule has 0 unspecified atom stereocenters. The van der Waals surface area contributed by atoms with Crippen molar-refractivity contribution in [2.24, 2.45) is 5.73 Å². The molecule has 5 heteroatoms. The number of Topliss-reactive ketones (excluding diaryl/α,β-unsaturated/α-hetero) is 1. The zero-order chi connectivity index (χ0) is 11.2. The first-order valence-electron chi connectivity index (χ1n) is 4.31. The van der Waals surface area contributed by atoms with Crippen LogP contribution in [-0.4, -0.2) is 16.6 Å². The lowest BCUT2D eigenvalue weighted by molar-refractivity contribution is 0.0979. The number of nitrogens with two attached hydrogens (primary N) is 1. The van der Waals surface area contributed by atoms with Crippen molar-refractivity contribution in [3.05, 3.63) is 45.0 Å². The number of hydrogen-bond donors (Lipinski definition) is 2. The van der Waals surface area contributed by atoms with Gasteiger partial charge < -0.3 is 10.7 Å². The van der Waals surface area contributed by atoms with Gasteiger partial charge in [-0.2, -0.15) is 0 Å². The van der Waals surface area contributed by atoms with Gasteiger partial charge >= 0.3 is 0 Å². The van der Waals surface area contributed by atoms with E-state index in [0.717, 1.165) is 6.08 Å². The van der Waals surface area contributed by atoms with E-state index in [-0.39, 0.29) is 17.0 Å². The van der Waals surface area contributed by atoms with E-state index in [1.807, 2.05) is 0 Å². The second-order valence-corrected chi connectivity index (χ2v) is 3.36. The molecule has 0 saturated heterocycles. The van der Waals surface area contributed by atoms with Crippen LogP contribution in [0.3, 0.4) is 0 Å². The molecule has 1 aliphatic rings. The van der Waals surface area contributed by atoms with Gasteiger partial charge in [-0.05, 0) is 12.5 Å². The van der Waals surface area contributed by atoms with Gasteiger partial charge in [0.25, 0.3) is 0 Å². The van der Waals surface area contributed by atoms with Crippen LogP contribution in [0.25, 0.3) is 0 Å². The van der Waals surface area contributed by atoms with Gasteiger partial charge in [0.15, 0.2) is 0 Å². The van der Waals surface area contributed by atoms with E-state index in [9.17, 15) is 14.4 Å². The van der Waals surface area contributed by atoms with Crippen molar-refractivity contribution in [3.8, 4) is 0 Å². The Morgan fingerprint density at radius 2 is 1.93 bits per heavy atom. The van der Waals surface area contributed by atoms with Crippen LogP contribution in [0, 0.1) is 6.92 Å². The lowest BCUT2D eigenvalue weighted by Gasteiger charge is -2.13. The Kier molecular flexibility index (Phi) is 1.82. The van der Waals surface area contributed by atoms with Gasteiger partial charge in [0.05, 0.1) is 11.3 Å². The van der Waals surface area contributed by atoms with E-state index in [4.69, 9.17) is 5.73 Å². The molecular weight excluding hydrogens is 196 g/mol. The molecule has 0 radical (unpaired) electrons. The smallest absolute Gasteiger partial charge is 0.248 e. The van der Waals surface area contributed by atoms with Crippen molar-refractivity contribution in [2.75, 3.05) is 0 Å². The van der Waals surface area contributed by atoms with E-state index in [1.165, 1.54) is 6.07 Å². The molecule has 0 fully saturated rings. The van der Waals surface area contributed by atoms with E-state index in [0.29, 0.717) is 5.56 Å². The minimum absolute atomic E-state index is 0.0270. The summed E-state index contributed by atoms with van der Waals surface area (Å²) in [5.74, 6) is -0.860. The maximum absolute atomic E-state index is 11.6. The summed E-state index contributed by atoms with van der Waals surface area (Å²) in [5.41, 5.74) is 5.58. The number of aromatic nitrogens is 1. The number of pyridine rings is 1. The molecule has 1 aromatic heterocycles. The number of hydrogen-bond acceptors (Lipinski definition) is 4. The number of rotatable bonds is 0. The number of carbonyl (C=O) groups excluding carboxylic acids is 2. The average molecular weight is 204 g/mol. The Balaban J connectivity index is 2.83. The van der Waals surface area contributed by atoms with Gasteiger partial charge in [-0.1, -0.05) is 0 Å². The number of nitrogens with one attached hydrogen (secondary N) is 1. The number of ketones is 2. The molecule has 3 N–H and O–H groups in total. The summed E-state index contributed by atoms with van der Waals surface area (Å²) >= 11 is 0. The predicted molar refractivity (Wildman–Crippen MR) is 52.7 cm³/mol. The third kappa shape index (κ3) is 1.28. The Labute approximate surface area is 84.6 Å². The minimum Gasteiger partial charge on any atom is -0.395 e. The number of allylic oxidation sites excluding steroid dienone is 2. The zero-order valence-corrected chi connectivity index (χ0v) is 7.96. The summed E-state index contributed by atoms with van der Waals surface area (Å²) in [4.78, 5) is 36.6. The highest BCUT2D eigenvalue weighted by atomic mass is 16.1. The van der Waals surface area contributed by atoms with E-state index < -0.39 is 17.1 Å². The molecule has 15 heavy (non-hydrogen) atoms. The van der Waals surface area contributed by atoms with Crippen LogP contribution in [0.2, 0.25) is 0 Å². The number of H-pyrrole nitrogens is 1. The van der Waals surface area contributed by atoms with Crippen molar-refractivity contribution in [3.63, 3.8) is 0 Å². The van der Waals surface area contributed by atoms with Gasteiger partial charge in [-0.15, -0.1) is 0 Å². The topological polar surface area (TPSA) is 93.0 Å².